The molecule has 0 N–H and O–H groups in total. The topological polar surface area (TPSA) is 70.2 Å². The van der Waals surface area contributed by atoms with Crippen molar-refractivity contribution in [3.8, 4) is 5.75 Å². The fourth-order valence-corrected chi connectivity index (χ4v) is 3.66. The number of nitrogens with zero attached hydrogens (tertiary/aromatic N) is 3. The first-order valence-electron chi connectivity index (χ1n) is 10.1. The lowest BCUT2D eigenvalue weighted by atomic mass is 10.0. The standard InChI is InChI=1S/C21H29N3O4/c1-4-6-18(25)16-7-8-19-17(13-16)24(21(27)15(3)28-19)14-20(26)23-11-9-22(5-2)10-12-23/h7-8,13,15H,4-6,9-12,14H2,1-3H3. The first-order valence-corrected chi connectivity index (χ1v) is 10.1. The van der Waals surface area contributed by atoms with Crippen LogP contribution in [-0.2, 0) is 9.59 Å². The van der Waals surface area contributed by atoms with E-state index in [-0.39, 0.29) is 24.1 Å². The molecule has 1 saturated heterocycles. The van der Waals surface area contributed by atoms with E-state index in [9.17, 15) is 14.4 Å². The van der Waals surface area contributed by atoms with Crippen molar-refractivity contribution in [2.75, 3.05) is 44.2 Å². The molecule has 0 bridgehead atoms. The lowest BCUT2D eigenvalue weighted by Gasteiger charge is -2.37. The highest BCUT2D eigenvalue weighted by Gasteiger charge is 2.34. The average molecular weight is 387 g/mol. The van der Waals surface area contributed by atoms with Crippen molar-refractivity contribution in [3.05, 3.63) is 23.8 Å². The molecule has 2 aliphatic heterocycles. The molecule has 1 aromatic carbocycles. The van der Waals surface area contributed by atoms with Crippen molar-refractivity contribution in [1.82, 2.24) is 9.80 Å². The van der Waals surface area contributed by atoms with Gasteiger partial charge in [0.15, 0.2) is 11.9 Å². The van der Waals surface area contributed by atoms with E-state index in [1.54, 1.807) is 25.1 Å². The number of hydrogen-bond donors (Lipinski definition) is 0. The van der Waals surface area contributed by atoms with Gasteiger partial charge in [-0.05, 0) is 38.1 Å². The Bertz CT molecular complexity index is 756. The van der Waals surface area contributed by atoms with Gasteiger partial charge >= 0.3 is 0 Å². The molecule has 7 nitrogen and oxygen atoms in total. The number of rotatable bonds is 6. The predicted octanol–water partition coefficient (Wildman–Crippen LogP) is 1.95. The summed E-state index contributed by atoms with van der Waals surface area (Å²) in [7, 11) is 0. The van der Waals surface area contributed by atoms with E-state index in [0.717, 1.165) is 26.1 Å². The maximum absolute atomic E-state index is 12.9. The largest absolute Gasteiger partial charge is 0.479 e. The normalized spacial score (nSPS) is 20.0. The van der Waals surface area contributed by atoms with Gasteiger partial charge in [-0.2, -0.15) is 0 Å². The molecule has 1 aromatic rings. The number of anilines is 1. The van der Waals surface area contributed by atoms with E-state index in [2.05, 4.69) is 11.8 Å². The van der Waals surface area contributed by atoms with Crippen LogP contribution in [0.4, 0.5) is 5.69 Å². The number of carbonyl (C=O) groups is 3. The molecule has 0 saturated carbocycles. The Hall–Kier alpha value is -2.41. The SMILES string of the molecule is CCCC(=O)c1ccc2c(c1)N(CC(=O)N1CCN(CC)CC1)C(=O)C(C)O2. The monoisotopic (exact) mass is 387 g/mol. The third kappa shape index (κ3) is 4.19. The van der Waals surface area contributed by atoms with Gasteiger partial charge in [-0.25, -0.2) is 0 Å². The van der Waals surface area contributed by atoms with E-state index in [1.165, 1.54) is 4.90 Å². The minimum Gasteiger partial charge on any atom is -0.479 e. The summed E-state index contributed by atoms with van der Waals surface area (Å²) in [6.45, 7) is 9.72. The van der Waals surface area contributed by atoms with E-state index in [0.29, 0.717) is 36.5 Å². The van der Waals surface area contributed by atoms with Crippen LogP contribution in [0.15, 0.2) is 18.2 Å². The Labute approximate surface area is 166 Å². The number of piperazine rings is 1. The van der Waals surface area contributed by atoms with Gasteiger partial charge in [0.2, 0.25) is 5.91 Å². The van der Waals surface area contributed by atoms with Crippen LogP contribution in [0.5, 0.6) is 5.75 Å². The number of amides is 2. The minimum atomic E-state index is -0.658. The Balaban J connectivity index is 1.80. The van der Waals surface area contributed by atoms with Crippen LogP contribution in [0.3, 0.4) is 0 Å². The number of likely N-dealkylation sites (N-methyl/N-ethyl adjacent to an activating group) is 1. The van der Waals surface area contributed by atoms with Gasteiger partial charge < -0.3 is 14.5 Å². The number of benzene rings is 1. The summed E-state index contributed by atoms with van der Waals surface area (Å²) in [6.07, 6.45) is 0.549. The summed E-state index contributed by atoms with van der Waals surface area (Å²) in [5.74, 6) is 0.227. The first-order chi connectivity index (χ1) is 13.4. The molecular weight excluding hydrogens is 358 g/mol. The second-order valence-electron chi connectivity index (χ2n) is 7.36. The second-order valence-corrected chi connectivity index (χ2v) is 7.36. The molecule has 7 heteroatoms. The number of ketones is 1. The number of ether oxygens (including phenoxy) is 1. The Kier molecular flexibility index (Phi) is 6.34. The van der Waals surface area contributed by atoms with Gasteiger partial charge in [-0.15, -0.1) is 0 Å². The Morgan fingerprint density at radius 3 is 2.50 bits per heavy atom. The van der Waals surface area contributed by atoms with Gasteiger partial charge in [-0.3, -0.25) is 19.3 Å². The summed E-state index contributed by atoms with van der Waals surface area (Å²) in [4.78, 5) is 43.5. The highest BCUT2D eigenvalue weighted by Crippen LogP contribution is 2.35. The average Bonchev–Trinajstić information content (AvgIpc) is 2.71. The quantitative estimate of drug-likeness (QED) is 0.698. The van der Waals surface area contributed by atoms with Gasteiger partial charge in [-0.1, -0.05) is 13.8 Å². The van der Waals surface area contributed by atoms with E-state index >= 15 is 0 Å². The van der Waals surface area contributed by atoms with Crippen LogP contribution in [-0.4, -0.2) is 72.8 Å². The summed E-state index contributed by atoms with van der Waals surface area (Å²) in [5.41, 5.74) is 1.05. The lowest BCUT2D eigenvalue weighted by molar-refractivity contribution is -0.134. The Morgan fingerprint density at radius 2 is 1.86 bits per heavy atom. The smallest absolute Gasteiger partial charge is 0.268 e. The van der Waals surface area contributed by atoms with Gasteiger partial charge in [0, 0.05) is 38.2 Å². The van der Waals surface area contributed by atoms with E-state index in [4.69, 9.17) is 4.74 Å². The van der Waals surface area contributed by atoms with Crippen LogP contribution < -0.4 is 9.64 Å². The summed E-state index contributed by atoms with van der Waals surface area (Å²) in [6, 6.07) is 5.13. The van der Waals surface area contributed by atoms with E-state index < -0.39 is 6.10 Å². The predicted molar refractivity (Wildman–Crippen MR) is 107 cm³/mol. The van der Waals surface area contributed by atoms with Crippen molar-refractivity contribution < 1.29 is 19.1 Å². The number of Topliss-reactive ketones (excluding diaryl/α,β-unsaturated/α-hetero) is 1. The lowest BCUT2D eigenvalue weighted by Crippen LogP contribution is -2.53. The molecule has 152 valence electrons. The third-order valence-electron chi connectivity index (χ3n) is 5.43. The fraction of sp³-hybridized carbons (Fsp3) is 0.571. The third-order valence-corrected chi connectivity index (χ3v) is 5.43. The molecule has 1 atom stereocenters. The molecule has 0 aliphatic carbocycles. The van der Waals surface area contributed by atoms with Crippen molar-refractivity contribution >= 4 is 23.3 Å². The number of hydrogen-bond acceptors (Lipinski definition) is 5. The molecule has 2 aliphatic rings. The molecule has 1 unspecified atom stereocenters. The van der Waals surface area contributed by atoms with E-state index in [1.807, 2.05) is 11.8 Å². The molecule has 0 radical (unpaired) electrons. The van der Waals surface area contributed by atoms with Crippen LogP contribution in [0.25, 0.3) is 0 Å². The summed E-state index contributed by atoms with van der Waals surface area (Å²) >= 11 is 0. The van der Waals surface area contributed by atoms with Crippen LogP contribution >= 0.6 is 0 Å². The molecule has 3 rings (SSSR count). The van der Waals surface area contributed by atoms with Gasteiger partial charge in [0.25, 0.3) is 5.91 Å². The highest BCUT2D eigenvalue weighted by atomic mass is 16.5. The van der Waals surface area contributed by atoms with Crippen molar-refractivity contribution in [2.24, 2.45) is 0 Å². The zero-order valence-corrected chi connectivity index (χ0v) is 16.9. The summed E-state index contributed by atoms with van der Waals surface area (Å²) in [5, 5.41) is 0. The summed E-state index contributed by atoms with van der Waals surface area (Å²) < 4.78 is 5.69. The maximum Gasteiger partial charge on any atom is 0.268 e. The number of carbonyl (C=O) groups excluding carboxylic acids is 3. The minimum absolute atomic E-state index is 0.0262. The zero-order valence-electron chi connectivity index (χ0n) is 16.9. The van der Waals surface area contributed by atoms with Crippen molar-refractivity contribution in [2.45, 2.75) is 39.7 Å². The molecule has 0 spiro atoms. The maximum atomic E-state index is 12.9. The van der Waals surface area contributed by atoms with Crippen LogP contribution in [0.2, 0.25) is 0 Å². The fourth-order valence-electron chi connectivity index (χ4n) is 3.66. The van der Waals surface area contributed by atoms with Gasteiger partial charge in [0.05, 0.1) is 5.69 Å². The first kappa shape index (κ1) is 20.3. The van der Waals surface area contributed by atoms with Crippen LogP contribution in [0, 0.1) is 0 Å². The van der Waals surface area contributed by atoms with Crippen LogP contribution in [0.1, 0.15) is 44.0 Å². The van der Waals surface area contributed by atoms with Gasteiger partial charge in [0.1, 0.15) is 12.3 Å². The zero-order chi connectivity index (χ0) is 20.3. The molecule has 1 fully saturated rings. The van der Waals surface area contributed by atoms with Crippen molar-refractivity contribution in [3.63, 3.8) is 0 Å². The molecule has 28 heavy (non-hydrogen) atoms. The van der Waals surface area contributed by atoms with Crippen molar-refractivity contribution in [1.29, 1.82) is 0 Å². The molecule has 2 heterocycles. The molecule has 2 amide bonds. The highest BCUT2D eigenvalue weighted by molar-refractivity contribution is 6.05. The Morgan fingerprint density at radius 1 is 1.14 bits per heavy atom. The second kappa shape index (κ2) is 8.73. The number of fused-ring (bicyclic) bond motifs is 1. The molecular formula is C21H29N3O4. The molecule has 0 aromatic heterocycles.